The van der Waals surface area contributed by atoms with Gasteiger partial charge < -0.3 is 0 Å². The summed E-state index contributed by atoms with van der Waals surface area (Å²) in [5.41, 5.74) is 0. The van der Waals surface area contributed by atoms with Gasteiger partial charge in [0.05, 0.1) is 0 Å². The topological polar surface area (TPSA) is 20.2 Å². The van der Waals surface area contributed by atoms with E-state index in [0.29, 0.717) is 6.61 Å². The van der Waals surface area contributed by atoms with Crippen LogP contribution in [0.2, 0.25) is 3.97 Å². The molecule has 1 rings (SSSR count). The third-order valence-electron chi connectivity index (χ3n) is 2.44. The van der Waals surface area contributed by atoms with Crippen LogP contribution in [0.4, 0.5) is 0 Å². The molecule has 0 radical (unpaired) electrons. The van der Waals surface area contributed by atoms with Crippen LogP contribution in [-0.4, -0.2) is 32.6 Å². The molecule has 0 spiro atoms. The van der Waals surface area contributed by atoms with Gasteiger partial charge in [-0.25, -0.2) is 0 Å². The first-order valence-electron chi connectivity index (χ1n) is 5.69. The molecule has 0 amide bonds. The first-order chi connectivity index (χ1) is 7.36. The van der Waals surface area contributed by atoms with Crippen LogP contribution in [0.15, 0.2) is 30.3 Å². The van der Waals surface area contributed by atoms with Crippen molar-refractivity contribution in [3.05, 3.63) is 30.3 Å². The van der Waals surface area contributed by atoms with Gasteiger partial charge in [-0.1, -0.05) is 0 Å². The van der Waals surface area contributed by atoms with Crippen molar-refractivity contribution >= 4 is 24.5 Å². The van der Waals surface area contributed by atoms with E-state index in [1.54, 1.807) is 3.61 Å². The van der Waals surface area contributed by atoms with Crippen molar-refractivity contribution in [3.8, 4) is 0 Å². The Balaban J connectivity index is 2.33. The number of unbranched alkanes of at least 4 members (excludes halogenated alkanes) is 1. The van der Waals surface area contributed by atoms with E-state index in [9.17, 15) is 0 Å². The molecule has 0 saturated heterocycles. The molecule has 15 heavy (non-hydrogen) atoms. The van der Waals surface area contributed by atoms with E-state index in [1.165, 1.54) is 19.3 Å². The number of hydrogen-bond donors (Lipinski definition) is 1. The van der Waals surface area contributed by atoms with Crippen molar-refractivity contribution < 1.29 is 5.11 Å². The number of rotatable bonds is 7. The van der Waals surface area contributed by atoms with E-state index in [4.69, 9.17) is 5.11 Å². The molecule has 0 aliphatic carbocycles. The van der Waals surface area contributed by atoms with E-state index in [2.05, 4.69) is 37.3 Å². The van der Waals surface area contributed by atoms with Crippen LogP contribution in [-0.2, 0) is 0 Å². The van der Waals surface area contributed by atoms with Gasteiger partial charge in [-0.3, -0.25) is 0 Å². The van der Waals surface area contributed by atoms with E-state index in [1.807, 2.05) is 0 Å². The second-order valence-electron chi connectivity index (χ2n) is 3.68. The average Bonchev–Trinajstić information content (AvgIpc) is 2.29. The summed E-state index contributed by atoms with van der Waals surface area (Å²) < 4.78 is 2.48. The normalized spacial score (nSPS) is 12.7. The molecular formula is C13H20OTe. The third-order valence-corrected chi connectivity index (χ3v) is 6.56. The molecule has 1 aromatic rings. The Labute approximate surface area is 103 Å². The van der Waals surface area contributed by atoms with Crippen LogP contribution in [0.3, 0.4) is 0 Å². The summed E-state index contributed by atoms with van der Waals surface area (Å²) in [4.78, 5) is 0. The Morgan fingerprint density at radius 1 is 1.20 bits per heavy atom. The van der Waals surface area contributed by atoms with Crippen LogP contribution < -0.4 is 3.61 Å². The molecule has 1 aromatic carbocycles. The number of aliphatic hydroxyl groups is 1. The molecule has 0 aliphatic rings. The van der Waals surface area contributed by atoms with Crippen LogP contribution in [0, 0.1) is 0 Å². The van der Waals surface area contributed by atoms with E-state index < -0.39 is 0 Å². The molecule has 0 bridgehead atoms. The fraction of sp³-hybridized carbons (Fsp3) is 0.538. The van der Waals surface area contributed by atoms with Gasteiger partial charge >= 0.3 is 103 Å². The quantitative estimate of drug-likeness (QED) is 0.604. The van der Waals surface area contributed by atoms with Crippen LogP contribution >= 0.6 is 0 Å². The second kappa shape index (κ2) is 8.16. The van der Waals surface area contributed by atoms with Crippen molar-refractivity contribution in [1.82, 2.24) is 0 Å². The second-order valence-corrected chi connectivity index (χ2v) is 7.60. The summed E-state index contributed by atoms with van der Waals surface area (Å²) in [6.07, 6.45) is 4.75. The molecule has 1 atom stereocenters. The van der Waals surface area contributed by atoms with Gasteiger partial charge in [-0.2, -0.15) is 0 Å². The van der Waals surface area contributed by atoms with E-state index in [0.717, 1.165) is 10.4 Å². The summed E-state index contributed by atoms with van der Waals surface area (Å²) in [5.74, 6) is 0. The summed E-state index contributed by atoms with van der Waals surface area (Å²) in [6, 6.07) is 10.9. The molecule has 0 heterocycles. The first-order valence-corrected chi connectivity index (χ1v) is 8.20. The fourth-order valence-corrected chi connectivity index (χ4v) is 4.80. The molecule has 1 nitrogen and oxygen atoms in total. The molecule has 1 unspecified atom stereocenters. The molecule has 2 heteroatoms. The maximum absolute atomic E-state index is 8.75. The van der Waals surface area contributed by atoms with Crippen LogP contribution in [0.25, 0.3) is 0 Å². The fourth-order valence-electron chi connectivity index (χ4n) is 1.52. The van der Waals surface area contributed by atoms with Gasteiger partial charge in [-0.15, -0.1) is 0 Å². The van der Waals surface area contributed by atoms with Gasteiger partial charge in [0.1, 0.15) is 0 Å². The Morgan fingerprint density at radius 2 is 1.93 bits per heavy atom. The zero-order valence-corrected chi connectivity index (χ0v) is 11.7. The minimum atomic E-state index is -0.0245. The van der Waals surface area contributed by atoms with Gasteiger partial charge in [0.15, 0.2) is 0 Å². The molecule has 0 fully saturated rings. The van der Waals surface area contributed by atoms with Crippen LogP contribution in [0.5, 0.6) is 0 Å². The third kappa shape index (κ3) is 5.56. The number of benzene rings is 1. The monoisotopic (exact) mass is 322 g/mol. The van der Waals surface area contributed by atoms with Gasteiger partial charge in [0, 0.05) is 0 Å². The van der Waals surface area contributed by atoms with Gasteiger partial charge in [0.25, 0.3) is 0 Å². The molecular weight excluding hydrogens is 300 g/mol. The van der Waals surface area contributed by atoms with Gasteiger partial charge in [0.2, 0.25) is 0 Å². The molecule has 84 valence electrons. The van der Waals surface area contributed by atoms with Crippen LogP contribution in [0.1, 0.15) is 32.6 Å². The Morgan fingerprint density at radius 3 is 2.53 bits per heavy atom. The van der Waals surface area contributed by atoms with Crippen molar-refractivity contribution in [2.45, 2.75) is 36.6 Å². The Kier molecular flexibility index (Phi) is 7.09. The van der Waals surface area contributed by atoms with Crippen molar-refractivity contribution in [2.24, 2.45) is 0 Å². The van der Waals surface area contributed by atoms with E-state index >= 15 is 0 Å². The first kappa shape index (κ1) is 13.0. The number of aliphatic hydroxyl groups excluding tert-OH is 1. The van der Waals surface area contributed by atoms with Crippen molar-refractivity contribution in [1.29, 1.82) is 0 Å². The van der Waals surface area contributed by atoms with Crippen molar-refractivity contribution in [2.75, 3.05) is 6.61 Å². The standard InChI is InChI=1S/C13H20OTe/c1-2-12(8-6-7-11-14)15-13-9-4-3-5-10-13/h3-5,9-10,12,14H,2,6-8,11H2,1H3. The Bertz CT molecular complexity index is 248. The summed E-state index contributed by atoms with van der Waals surface area (Å²) in [7, 11) is 0. The Hall–Kier alpha value is -0.0304. The molecule has 0 saturated carbocycles. The van der Waals surface area contributed by atoms with E-state index in [-0.39, 0.29) is 20.9 Å². The minimum absolute atomic E-state index is 0.0245. The number of hydrogen-bond acceptors (Lipinski definition) is 1. The maximum atomic E-state index is 8.75. The van der Waals surface area contributed by atoms with Crippen molar-refractivity contribution in [3.63, 3.8) is 0 Å². The predicted molar refractivity (Wildman–Crippen MR) is 66.8 cm³/mol. The zero-order chi connectivity index (χ0) is 10.9. The molecule has 0 aromatic heterocycles. The van der Waals surface area contributed by atoms with Gasteiger partial charge in [-0.05, 0) is 0 Å². The predicted octanol–water partition coefficient (Wildman–Crippen LogP) is 2.38. The molecule has 1 N–H and O–H groups in total. The molecule has 0 aliphatic heterocycles. The summed E-state index contributed by atoms with van der Waals surface area (Å²) in [6.45, 7) is 2.64. The summed E-state index contributed by atoms with van der Waals surface area (Å²) >= 11 is -0.0245. The average molecular weight is 320 g/mol. The zero-order valence-electron chi connectivity index (χ0n) is 9.36. The SMILES string of the molecule is CCC(CCCCO)[Te]c1ccccc1. The summed E-state index contributed by atoms with van der Waals surface area (Å²) in [5, 5.41) is 8.75.